The number of nitriles is 1. The number of rotatable bonds is 9. The van der Waals surface area contributed by atoms with E-state index in [4.69, 9.17) is 4.74 Å². The summed E-state index contributed by atoms with van der Waals surface area (Å²) >= 11 is 0. The van der Waals surface area contributed by atoms with Gasteiger partial charge in [-0.25, -0.2) is 0 Å². The summed E-state index contributed by atoms with van der Waals surface area (Å²) in [7, 11) is 1.40. The van der Waals surface area contributed by atoms with Crippen molar-refractivity contribution >= 4 is 23.2 Å². The first-order chi connectivity index (χ1) is 13.5. The van der Waals surface area contributed by atoms with E-state index in [0.29, 0.717) is 31.7 Å². The van der Waals surface area contributed by atoms with Crippen LogP contribution in [0.3, 0.4) is 0 Å². The molecular weight excluding hydrogens is 366 g/mol. The van der Waals surface area contributed by atoms with Crippen LogP contribution in [0.2, 0.25) is 0 Å². The van der Waals surface area contributed by atoms with Crippen LogP contribution in [0.5, 0.6) is 5.75 Å². The highest BCUT2D eigenvalue weighted by atomic mass is 16.6. The molecule has 2 rings (SSSR count). The summed E-state index contributed by atoms with van der Waals surface area (Å²) in [6, 6.07) is 5.73. The zero-order valence-electron chi connectivity index (χ0n) is 15.4. The summed E-state index contributed by atoms with van der Waals surface area (Å²) in [5.41, 5.74) is -0.0910. The maximum atomic E-state index is 12.1. The third-order valence-electron chi connectivity index (χ3n) is 4.19. The molecule has 0 atom stereocenters. The minimum absolute atomic E-state index is 0.124. The summed E-state index contributed by atoms with van der Waals surface area (Å²) in [6.45, 7) is 1.63. The second kappa shape index (κ2) is 9.91. The van der Waals surface area contributed by atoms with Crippen molar-refractivity contribution in [2.75, 3.05) is 32.1 Å². The molecule has 0 unspecified atom stereocenters. The number of non-ortho nitro benzene ring substituents is 1. The smallest absolute Gasteiger partial charge is 0.271 e. The Kier molecular flexibility index (Phi) is 7.33. The van der Waals surface area contributed by atoms with Gasteiger partial charge in [-0.3, -0.25) is 19.7 Å². The molecular formula is C18H21N5O5. The Labute approximate surface area is 161 Å². The van der Waals surface area contributed by atoms with Crippen molar-refractivity contribution in [3.8, 4) is 11.8 Å². The molecule has 0 aliphatic carbocycles. The summed E-state index contributed by atoms with van der Waals surface area (Å²) in [4.78, 5) is 35.7. The molecule has 1 aliphatic rings. The first-order valence-electron chi connectivity index (χ1n) is 8.71. The van der Waals surface area contributed by atoms with Crippen LogP contribution >= 0.6 is 0 Å². The van der Waals surface area contributed by atoms with Gasteiger partial charge in [0, 0.05) is 44.4 Å². The number of hydrogen-bond donors (Lipinski definition) is 2. The third kappa shape index (κ3) is 5.44. The highest BCUT2D eigenvalue weighted by Crippen LogP contribution is 2.28. The van der Waals surface area contributed by atoms with Crippen LogP contribution in [0.1, 0.15) is 19.3 Å². The summed E-state index contributed by atoms with van der Waals surface area (Å²) < 4.78 is 5.11. The van der Waals surface area contributed by atoms with E-state index in [2.05, 4.69) is 10.6 Å². The lowest BCUT2D eigenvalue weighted by molar-refractivity contribution is -0.384. The van der Waals surface area contributed by atoms with Crippen molar-refractivity contribution in [3.05, 3.63) is 40.1 Å². The Morgan fingerprint density at radius 3 is 2.89 bits per heavy atom. The maximum absolute atomic E-state index is 12.1. The van der Waals surface area contributed by atoms with E-state index in [1.165, 1.54) is 31.5 Å². The number of carbonyl (C=O) groups is 2. The highest BCUT2D eigenvalue weighted by molar-refractivity contribution is 5.97. The molecule has 1 aromatic carbocycles. The van der Waals surface area contributed by atoms with E-state index in [0.717, 1.165) is 13.0 Å². The third-order valence-corrected chi connectivity index (χ3v) is 4.19. The number of anilines is 1. The van der Waals surface area contributed by atoms with Crippen molar-refractivity contribution in [2.24, 2.45) is 0 Å². The second-order valence-corrected chi connectivity index (χ2v) is 6.05. The van der Waals surface area contributed by atoms with E-state index in [1.54, 1.807) is 11.0 Å². The summed E-state index contributed by atoms with van der Waals surface area (Å²) in [5.74, 6) is -0.124. The van der Waals surface area contributed by atoms with Gasteiger partial charge in [-0.1, -0.05) is 0 Å². The van der Waals surface area contributed by atoms with Crippen molar-refractivity contribution in [2.45, 2.75) is 19.3 Å². The van der Waals surface area contributed by atoms with Gasteiger partial charge in [-0.2, -0.15) is 5.26 Å². The molecule has 148 valence electrons. The molecule has 0 bridgehead atoms. The average Bonchev–Trinajstić information content (AvgIpc) is 3.10. The van der Waals surface area contributed by atoms with Crippen LogP contribution in [0.25, 0.3) is 0 Å². The number of ether oxygens (including phenoxy) is 1. The van der Waals surface area contributed by atoms with E-state index >= 15 is 0 Å². The number of carbonyl (C=O) groups excluding carboxylic acids is 2. The SMILES string of the molecule is COc1ccc([N+](=O)[O-])cc1N/C=C(/C#N)C(=O)NCCCN1CCCC1=O. The zero-order valence-corrected chi connectivity index (χ0v) is 15.4. The number of nitro groups is 1. The minimum Gasteiger partial charge on any atom is -0.495 e. The van der Waals surface area contributed by atoms with Gasteiger partial charge in [0.15, 0.2) is 0 Å². The molecule has 10 heteroatoms. The molecule has 10 nitrogen and oxygen atoms in total. The Bertz CT molecular complexity index is 830. The fourth-order valence-electron chi connectivity index (χ4n) is 2.73. The molecule has 28 heavy (non-hydrogen) atoms. The molecule has 1 aromatic rings. The second-order valence-electron chi connectivity index (χ2n) is 6.05. The normalized spacial score (nSPS) is 13.8. The molecule has 1 saturated heterocycles. The fourth-order valence-corrected chi connectivity index (χ4v) is 2.73. The van der Waals surface area contributed by atoms with Gasteiger partial charge in [0.25, 0.3) is 11.6 Å². The molecule has 1 heterocycles. The number of methoxy groups -OCH3 is 1. The molecule has 1 fully saturated rings. The van der Waals surface area contributed by atoms with Crippen LogP contribution in [0, 0.1) is 21.4 Å². The number of amides is 2. The number of benzene rings is 1. The zero-order chi connectivity index (χ0) is 20.5. The summed E-state index contributed by atoms with van der Waals surface area (Å²) in [5, 5.41) is 25.4. The topological polar surface area (TPSA) is 138 Å². The van der Waals surface area contributed by atoms with Crippen molar-refractivity contribution in [1.29, 1.82) is 5.26 Å². The van der Waals surface area contributed by atoms with Crippen molar-refractivity contribution in [3.63, 3.8) is 0 Å². The van der Waals surface area contributed by atoms with Gasteiger partial charge in [-0.15, -0.1) is 0 Å². The van der Waals surface area contributed by atoms with E-state index < -0.39 is 10.8 Å². The Balaban J connectivity index is 1.92. The van der Waals surface area contributed by atoms with Gasteiger partial charge in [-0.05, 0) is 18.9 Å². The first-order valence-corrected chi connectivity index (χ1v) is 8.71. The number of hydrogen-bond acceptors (Lipinski definition) is 7. The number of nitrogens with zero attached hydrogens (tertiary/aromatic N) is 3. The quantitative estimate of drug-likeness (QED) is 0.215. The van der Waals surface area contributed by atoms with Gasteiger partial charge in [0.05, 0.1) is 17.7 Å². The van der Waals surface area contributed by atoms with Crippen LogP contribution in [0.4, 0.5) is 11.4 Å². The lowest BCUT2D eigenvalue weighted by atomic mass is 10.2. The first kappa shape index (κ1) is 20.7. The van der Waals surface area contributed by atoms with E-state index in [9.17, 15) is 25.0 Å². The Morgan fingerprint density at radius 1 is 1.50 bits per heavy atom. The molecule has 2 N–H and O–H groups in total. The van der Waals surface area contributed by atoms with Crippen LogP contribution in [0.15, 0.2) is 30.0 Å². The average molecular weight is 387 g/mol. The predicted molar refractivity (Wildman–Crippen MR) is 100 cm³/mol. The molecule has 2 amide bonds. The minimum atomic E-state index is -0.577. The van der Waals surface area contributed by atoms with Crippen molar-refractivity contribution < 1.29 is 19.2 Å². The number of likely N-dealkylation sites (tertiary alicyclic amines) is 1. The van der Waals surface area contributed by atoms with E-state index in [1.807, 2.05) is 0 Å². The maximum Gasteiger partial charge on any atom is 0.271 e. The standard InChI is InChI=1S/C18H21N5O5/c1-28-16-6-5-14(23(26)27)10-15(16)21-12-13(11-19)18(25)20-7-3-9-22-8-2-4-17(22)24/h5-6,10,12,21H,2-4,7-9H2,1H3,(H,20,25)/b13-12-. The highest BCUT2D eigenvalue weighted by Gasteiger charge is 2.19. The molecule has 1 aliphatic heterocycles. The van der Waals surface area contributed by atoms with Crippen LogP contribution < -0.4 is 15.4 Å². The molecule has 0 radical (unpaired) electrons. The van der Waals surface area contributed by atoms with Crippen LogP contribution in [-0.4, -0.2) is 48.4 Å². The van der Waals surface area contributed by atoms with Gasteiger partial charge >= 0.3 is 0 Å². The number of nitro benzene ring substituents is 1. The van der Waals surface area contributed by atoms with Gasteiger partial charge in [0.2, 0.25) is 5.91 Å². The Morgan fingerprint density at radius 2 is 2.29 bits per heavy atom. The molecule has 0 spiro atoms. The van der Waals surface area contributed by atoms with Crippen LogP contribution in [-0.2, 0) is 9.59 Å². The number of nitrogens with one attached hydrogen (secondary N) is 2. The summed E-state index contributed by atoms with van der Waals surface area (Å²) in [6.07, 6.45) is 3.18. The fraction of sp³-hybridized carbons (Fsp3) is 0.389. The van der Waals surface area contributed by atoms with E-state index in [-0.39, 0.29) is 22.9 Å². The molecule has 0 saturated carbocycles. The predicted octanol–water partition coefficient (Wildman–Crippen LogP) is 1.55. The lowest BCUT2D eigenvalue weighted by Gasteiger charge is -2.15. The Hall–Kier alpha value is -3.61. The largest absolute Gasteiger partial charge is 0.495 e. The lowest BCUT2D eigenvalue weighted by Crippen LogP contribution is -2.31. The monoisotopic (exact) mass is 387 g/mol. The van der Waals surface area contributed by atoms with Gasteiger partial charge in [0.1, 0.15) is 17.4 Å². The molecule has 0 aromatic heterocycles. The van der Waals surface area contributed by atoms with Crippen molar-refractivity contribution in [1.82, 2.24) is 10.2 Å². The van der Waals surface area contributed by atoms with Gasteiger partial charge < -0.3 is 20.3 Å².